The van der Waals surface area contributed by atoms with Crippen LogP contribution in [-0.2, 0) is 9.53 Å². The summed E-state index contributed by atoms with van der Waals surface area (Å²) in [7, 11) is 1.45. The standard InChI is InChI=1S/C13H17NO2S/c1-10-4-3-5-11(8-10)14-13(12(15)16-2)6-7-17-9-13/h3-5,8,14H,6-7,9H2,1-2H3. The van der Waals surface area contributed by atoms with Gasteiger partial charge in [0.15, 0.2) is 0 Å². The SMILES string of the molecule is COC(=O)C1(Nc2cccc(C)c2)CCSC1. The van der Waals surface area contributed by atoms with Crippen molar-refractivity contribution in [3.8, 4) is 0 Å². The van der Waals surface area contributed by atoms with Crippen molar-refractivity contribution in [2.24, 2.45) is 0 Å². The molecule has 3 nitrogen and oxygen atoms in total. The number of thioether (sulfide) groups is 1. The summed E-state index contributed by atoms with van der Waals surface area (Å²) in [6.07, 6.45) is 0.818. The molecule has 1 aromatic carbocycles. The van der Waals surface area contributed by atoms with Crippen LogP contribution in [0.4, 0.5) is 5.69 Å². The molecule has 1 aliphatic rings. The summed E-state index contributed by atoms with van der Waals surface area (Å²) in [4.78, 5) is 11.9. The van der Waals surface area contributed by atoms with Crippen LogP contribution in [0.25, 0.3) is 0 Å². The number of esters is 1. The molecule has 1 saturated heterocycles. The fraction of sp³-hybridized carbons (Fsp3) is 0.462. The third-order valence-corrected chi connectivity index (χ3v) is 4.19. The summed E-state index contributed by atoms with van der Waals surface area (Å²) in [6.45, 7) is 2.04. The van der Waals surface area contributed by atoms with Crippen LogP contribution in [0.3, 0.4) is 0 Å². The average Bonchev–Trinajstić information content (AvgIpc) is 2.78. The number of ether oxygens (including phenoxy) is 1. The Hall–Kier alpha value is -1.16. The Morgan fingerprint density at radius 3 is 2.94 bits per heavy atom. The van der Waals surface area contributed by atoms with Crippen LogP contribution in [0, 0.1) is 6.92 Å². The van der Waals surface area contributed by atoms with Gasteiger partial charge in [-0.25, -0.2) is 4.79 Å². The summed E-state index contributed by atoms with van der Waals surface area (Å²) >= 11 is 1.78. The molecule has 0 spiro atoms. The molecule has 1 fully saturated rings. The zero-order chi connectivity index (χ0) is 12.3. The number of carbonyl (C=O) groups excluding carboxylic acids is 1. The lowest BCUT2D eigenvalue weighted by Gasteiger charge is -2.27. The minimum absolute atomic E-state index is 0.163. The number of hydrogen-bond donors (Lipinski definition) is 1. The Morgan fingerprint density at radius 1 is 1.53 bits per heavy atom. The normalized spacial score (nSPS) is 23.4. The van der Waals surface area contributed by atoms with Gasteiger partial charge in [0, 0.05) is 11.4 Å². The number of nitrogens with one attached hydrogen (secondary N) is 1. The lowest BCUT2D eigenvalue weighted by molar-refractivity contribution is -0.145. The van der Waals surface area contributed by atoms with Crippen molar-refractivity contribution in [1.82, 2.24) is 0 Å². The largest absolute Gasteiger partial charge is 0.467 e. The molecule has 1 heterocycles. The summed E-state index contributed by atoms with van der Waals surface area (Å²) in [5.41, 5.74) is 1.62. The first-order valence-corrected chi connectivity index (χ1v) is 6.83. The van der Waals surface area contributed by atoms with Crippen molar-refractivity contribution in [2.75, 3.05) is 23.9 Å². The molecule has 1 aromatic rings. The Balaban J connectivity index is 2.21. The van der Waals surface area contributed by atoms with Gasteiger partial charge in [-0.05, 0) is 36.8 Å². The Kier molecular flexibility index (Phi) is 3.62. The first-order valence-electron chi connectivity index (χ1n) is 5.67. The van der Waals surface area contributed by atoms with E-state index in [1.165, 1.54) is 12.7 Å². The summed E-state index contributed by atoms with van der Waals surface area (Å²) in [5.74, 6) is 1.60. The zero-order valence-electron chi connectivity index (χ0n) is 10.2. The molecule has 0 radical (unpaired) electrons. The van der Waals surface area contributed by atoms with Crippen molar-refractivity contribution in [3.63, 3.8) is 0 Å². The highest BCUT2D eigenvalue weighted by atomic mass is 32.2. The summed E-state index contributed by atoms with van der Waals surface area (Å²) in [6, 6.07) is 8.07. The third kappa shape index (κ3) is 2.57. The maximum Gasteiger partial charge on any atom is 0.332 e. The van der Waals surface area contributed by atoms with E-state index in [1.54, 1.807) is 11.8 Å². The Labute approximate surface area is 106 Å². The zero-order valence-corrected chi connectivity index (χ0v) is 11.0. The van der Waals surface area contributed by atoms with Crippen LogP contribution in [-0.4, -0.2) is 30.1 Å². The molecule has 0 amide bonds. The molecular formula is C13H17NO2S. The number of carbonyl (C=O) groups is 1. The second-order valence-electron chi connectivity index (χ2n) is 4.37. The van der Waals surface area contributed by atoms with Gasteiger partial charge in [0.25, 0.3) is 0 Å². The number of aryl methyl sites for hydroxylation is 1. The smallest absolute Gasteiger partial charge is 0.332 e. The van der Waals surface area contributed by atoms with Gasteiger partial charge in [-0.2, -0.15) is 11.8 Å². The number of rotatable bonds is 3. The third-order valence-electron chi connectivity index (χ3n) is 3.00. The van der Waals surface area contributed by atoms with E-state index in [0.717, 1.165) is 23.6 Å². The quantitative estimate of drug-likeness (QED) is 0.838. The first kappa shape index (κ1) is 12.3. The highest BCUT2D eigenvalue weighted by Crippen LogP contribution is 2.32. The Bertz CT molecular complexity index is 414. The second-order valence-corrected chi connectivity index (χ2v) is 5.48. The molecule has 0 aromatic heterocycles. The minimum atomic E-state index is -0.548. The summed E-state index contributed by atoms with van der Waals surface area (Å²) < 4.78 is 4.93. The van der Waals surface area contributed by atoms with E-state index in [4.69, 9.17) is 4.74 Å². The predicted molar refractivity (Wildman–Crippen MR) is 71.5 cm³/mol. The van der Waals surface area contributed by atoms with E-state index < -0.39 is 5.54 Å². The number of methoxy groups -OCH3 is 1. The van der Waals surface area contributed by atoms with Crippen molar-refractivity contribution in [2.45, 2.75) is 18.9 Å². The Morgan fingerprint density at radius 2 is 2.35 bits per heavy atom. The molecule has 4 heteroatoms. The maximum absolute atomic E-state index is 11.9. The van der Waals surface area contributed by atoms with Gasteiger partial charge in [-0.15, -0.1) is 0 Å². The van der Waals surface area contributed by atoms with Crippen molar-refractivity contribution in [1.29, 1.82) is 0 Å². The van der Waals surface area contributed by atoms with Crippen molar-refractivity contribution >= 4 is 23.4 Å². The van der Waals surface area contributed by atoms with Crippen LogP contribution < -0.4 is 5.32 Å². The average molecular weight is 251 g/mol. The van der Waals surface area contributed by atoms with Crippen LogP contribution in [0.2, 0.25) is 0 Å². The fourth-order valence-electron chi connectivity index (χ4n) is 2.07. The van der Waals surface area contributed by atoms with E-state index in [9.17, 15) is 4.79 Å². The van der Waals surface area contributed by atoms with Gasteiger partial charge in [-0.1, -0.05) is 12.1 Å². The van der Waals surface area contributed by atoms with Crippen molar-refractivity contribution in [3.05, 3.63) is 29.8 Å². The van der Waals surface area contributed by atoms with Crippen LogP contribution >= 0.6 is 11.8 Å². The molecule has 1 N–H and O–H groups in total. The lowest BCUT2D eigenvalue weighted by Crippen LogP contribution is -2.47. The van der Waals surface area contributed by atoms with Crippen molar-refractivity contribution < 1.29 is 9.53 Å². The fourth-order valence-corrected chi connectivity index (χ4v) is 3.39. The monoisotopic (exact) mass is 251 g/mol. The van der Waals surface area contributed by atoms with Gasteiger partial charge in [0.05, 0.1) is 7.11 Å². The summed E-state index contributed by atoms with van der Waals surface area (Å²) in [5, 5.41) is 3.35. The van der Waals surface area contributed by atoms with E-state index in [1.807, 2.05) is 31.2 Å². The molecule has 92 valence electrons. The predicted octanol–water partition coefficient (Wildman–Crippen LogP) is 2.46. The van der Waals surface area contributed by atoms with Gasteiger partial charge in [-0.3, -0.25) is 0 Å². The van der Waals surface area contributed by atoms with Crippen LogP contribution in [0.5, 0.6) is 0 Å². The first-order chi connectivity index (χ1) is 8.16. The highest BCUT2D eigenvalue weighted by Gasteiger charge is 2.42. The molecule has 1 unspecified atom stereocenters. The minimum Gasteiger partial charge on any atom is -0.467 e. The van der Waals surface area contributed by atoms with Gasteiger partial charge in [0.2, 0.25) is 0 Å². The number of benzene rings is 1. The number of anilines is 1. The highest BCUT2D eigenvalue weighted by molar-refractivity contribution is 7.99. The van der Waals surface area contributed by atoms with Gasteiger partial charge < -0.3 is 10.1 Å². The molecule has 2 rings (SSSR count). The molecule has 17 heavy (non-hydrogen) atoms. The molecule has 0 aliphatic carbocycles. The topological polar surface area (TPSA) is 38.3 Å². The molecule has 0 bridgehead atoms. The van der Waals surface area contributed by atoms with E-state index in [2.05, 4.69) is 5.32 Å². The van der Waals surface area contributed by atoms with Crippen LogP contribution in [0.1, 0.15) is 12.0 Å². The second kappa shape index (κ2) is 5.00. The van der Waals surface area contributed by atoms with Crippen LogP contribution in [0.15, 0.2) is 24.3 Å². The van der Waals surface area contributed by atoms with E-state index in [-0.39, 0.29) is 5.97 Å². The molecule has 0 saturated carbocycles. The van der Waals surface area contributed by atoms with E-state index in [0.29, 0.717) is 0 Å². The van der Waals surface area contributed by atoms with E-state index >= 15 is 0 Å². The van der Waals surface area contributed by atoms with Gasteiger partial charge in [0.1, 0.15) is 5.54 Å². The molecule has 1 atom stereocenters. The lowest BCUT2D eigenvalue weighted by atomic mass is 9.98. The molecule has 1 aliphatic heterocycles. The molecular weight excluding hydrogens is 234 g/mol. The van der Waals surface area contributed by atoms with Gasteiger partial charge >= 0.3 is 5.97 Å². The number of hydrogen-bond acceptors (Lipinski definition) is 4. The maximum atomic E-state index is 11.9.